The molecule has 0 heterocycles. The molecule has 0 fully saturated rings. The van der Waals surface area contributed by atoms with Crippen molar-refractivity contribution < 1.29 is 23.6 Å². The summed E-state index contributed by atoms with van der Waals surface area (Å²) in [4.78, 5) is 34.3. The lowest BCUT2D eigenvalue weighted by Gasteiger charge is -2.13. The third-order valence-electron chi connectivity index (χ3n) is 3.16. The van der Waals surface area contributed by atoms with Gasteiger partial charge in [0.15, 0.2) is 6.10 Å². The van der Waals surface area contributed by atoms with E-state index in [9.17, 15) is 24.1 Å². The predicted octanol–water partition coefficient (Wildman–Crippen LogP) is 3.82. The van der Waals surface area contributed by atoms with Crippen LogP contribution < -0.4 is 0 Å². The minimum Gasteiger partial charge on any atom is -0.451 e. The van der Waals surface area contributed by atoms with Gasteiger partial charge in [0, 0.05) is 17.7 Å². The SMILES string of the molecule is C[C@H](OC(=O)c1cc([N+](=O)[O-])ccc1Cl)C(=O)c1ccc(F)cc1. The summed E-state index contributed by atoms with van der Waals surface area (Å²) >= 11 is 5.84. The molecule has 0 aliphatic rings. The van der Waals surface area contributed by atoms with Crippen molar-refractivity contribution in [1.82, 2.24) is 0 Å². The van der Waals surface area contributed by atoms with Crippen molar-refractivity contribution in [2.24, 2.45) is 0 Å². The molecule has 0 saturated carbocycles. The zero-order valence-corrected chi connectivity index (χ0v) is 13.1. The predicted molar refractivity (Wildman–Crippen MR) is 83.7 cm³/mol. The zero-order chi connectivity index (χ0) is 17.9. The van der Waals surface area contributed by atoms with Gasteiger partial charge in [0.1, 0.15) is 5.82 Å². The van der Waals surface area contributed by atoms with E-state index >= 15 is 0 Å². The Morgan fingerprint density at radius 2 is 1.83 bits per heavy atom. The molecular formula is C16H11ClFNO5. The molecular weight excluding hydrogens is 341 g/mol. The number of carbonyl (C=O) groups is 2. The molecule has 2 aromatic rings. The molecule has 0 bridgehead atoms. The van der Waals surface area contributed by atoms with E-state index in [2.05, 4.69) is 0 Å². The van der Waals surface area contributed by atoms with Crippen molar-refractivity contribution in [3.8, 4) is 0 Å². The average Bonchev–Trinajstić information content (AvgIpc) is 2.54. The summed E-state index contributed by atoms with van der Waals surface area (Å²) in [5, 5.41) is 10.7. The van der Waals surface area contributed by atoms with Crippen LogP contribution >= 0.6 is 11.6 Å². The first-order chi connectivity index (χ1) is 11.3. The van der Waals surface area contributed by atoms with Crippen molar-refractivity contribution in [1.29, 1.82) is 0 Å². The highest BCUT2D eigenvalue weighted by molar-refractivity contribution is 6.33. The van der Waals surface area contributed by atoms with Crippen molar-refractivity contribution in [2.45, 2.75) is 13.0 Å². The van der Waals surface area contributed by atoms with Crippen molar-refractivity contribution >= 4 is 29.0 Å². The van der Waals surface area contributed by atoms with Crippen molar-refractivity contribution in [3.63, 3.8) is 0 Å². The maximum absolute atomic E-state index is 12.9. The van der Waals surface area contributed by atoms with E-state index in [1.165, 1.54) is 25.1 Å². The first-order valence-corrected chi connectivity index (χ1v) is 7.12. The van der Waals surface area contributed by atoms with Crippen LogP contribution in [-0.4, -0.2) is 22.8 Å². The Balaban J connectivity index is 2.17. The number of hydrogen-bond acceptors (Lipinski definition) is 5. The van der Waals surface area contributed by atoms with Crippen LogP contribution in [0.3, 0.4) is 0 Å². The topological polar surface area (TPSA) is 86.5 Å². The monoisotopic (exact) mass is 351 g/mol. The molecule has 0 spiro atoms. The minimum atomic E-state index is -1.17. The fourth-order valence-corrected chi connectivity index (χ4v) is 2.10. The number of nitrogens with zero attached hydrogens (tertiary/aromatic N) is 1. The van der Waals surface area contributed by atoms with E-state index < -0.39 is 28.6 Å². The summed E-state index contributed by atoms with van der Waals surface area (Å²) in [5.41, 5.74) is -0.379. The van der Waals surface area contributed by atoms with Gasteiger partial charge in [-0.25, -0.2) is 9.18 Å². The number of benzene rings is 2. The lowest BCUT2D eigenvalue weighted by Crippen LogP contribution is -2.24. The molecule has 0 unspecified atom stereocenters. The third kappa shape index (κ3) is 3.94. The molecule has 0 aliphatic carbocycles. The van der Waals surface area contributed by atoms with Gasteiger partial charge in [0.2, 0.25) is 5.78 Å². The highest BCUT2D eigenvalue weighted by Gasteiger charge is 2.23. The van der Waals surface area contributed by atoms with E-state index in [1.54, 1.807) is 0 Å². The molecule has 0 N–H and O–H groups in total. The molecule has 2 aromatic carbocycles. The molecule has 0 aromatic heterocycles. The number of halogens is 2. The third-order valence-corrected chi connectivity index (χ3v) is 3.49. The van der Waals surface area contributed by atoms with Gasteiger partial charge in [-0.3, -0.25) is 14.9 Å². The minimum absolute atomic E-state index is 0.0352. The van der Waals surface area contributed by atoms with Gasteiger partial charge in [-0.1, -0.05) is 11.6 Å². The average molecular weight is 352 g/mol. The molecule has 24 heavy (non-hydrogen) atoms. The van der Waals surface area contributed by atoms with E-state index in [0.29, 0.717) is 0 Å². The maximum Gasteiger partial charge on any atom is 0.340 e. The van der Waals surface area contributed by atoms with Gasteiger partial charge < -0.3 is 4.74 Å². The number of non-ortho nitro benzene ring substituents is 1. The molecule has 1 atom stereocenters. The van der Waals surface area contributed by atoms with E-state index in [-0.39, 0.29) is 21.8 Å². The van der Waals surface area contributed by atoms with Crippen LogP contribution in [0.4, 0.5) is 10.1 Å². The fourth-order valence-electron chi connectivity index (χ4n) is 1.91. The quantitative estimate of drug-likeness (QED) is 0.354. The lowest BCUT2D eigenvalue weighted by atomic mass is 10.1. The second kappa shape index (κ2) is 7.18. The molecule has 6 nitrogen and oxygen atoms in total. The van der Waals surface area contributed by atoms with E-state index in [4.69, 9.17) is 16.3 Å². The van der Waals surface area contributed by atoms with Gasteiger partial charge in [0.25, 0.3) is 5.69 Å². The lowest BCUT2D eigenvalue weighted by molar-refractivity contribution is -0.384. The summed E-state index contributed by atoms with van der Waals surface area (Å²) in [6.07, 6.45) is -1.17. The Bertz CT molecular complexity index is 807. The first kappa shape index (κ1) is 17.6. The van der Waals surface area contributed by atoms with Crippen molar-refractivity contribution in [2.75, 3.05) is 0 Å². The molecule has 2 rings (SSSR count). The summed E-state index contributed by atoms with van der Waals surface area (Å²) in [5.74, 6) is -2.00. The Hall–Kier alpha value is -2.80. The number of rotatable bonds is 5. The van der Waals surface area contributed by atoms with Crippen molar-refractivity contribution in [3.05, 3.63) is 74.5 Å². The molecule has 0 amide bonds. The number of hydrogen-bond donors (Lipinski definition) is 0. The largest absolute Gasteiger partial charge is 0.451 e. The number of ether oxygens (including phenoxy) is 1. The van der Waals surface area contributed by atoms with Gasteiger partial charge in [-0.15, -0.1) is 0 Å². The number of ketones is 1. The zero-order valence-electron chi connectivity index (χ0n) is 12.4. The number of nitro benzene ring substituents is 1. The smallest absolute Gasteiger partial charge is 0.340 e. The van der Waals surface area contributed by atoms with Crippen LogP contribution in [0.5, 0.6) is 0 Å². The van der Waals surface area contributed by atoms with Gasteiger partial charge in [0.05, 0.1) is 15.5 Å². The molecule has 0 saturated heterocycles. The van der Waals surface area contributed by atoms with Gasteiger partial charge in [-0.05, 0) is 37.3 Å². The Morgan fingerprint density at radius 3 is 2.42 bits per heavy atom. The molecule has 124 valence electrons. The molecule has 8 heteroatoms. The van der Waals surface area contributed by atoms with E-state index in [0.717, 1.165) is 24.3 Å². The first-order valence-electron chi connectivity index (χ1n) is 6.74. The van der Waals surface area contributed by atoms with E-state index in [1.807, 2.05) is 0 Å². The van der Waals surface area contributed by atoms with Crippen LogP contribution in [0.25, 0.3) is 0 Å². The summed E-state index contributed by atoms with van der Waals surface area (Å²) in [6, 6.07) is 8.07. The number of nitro groups is 1. The van der Waals surface area contributed by atoms with Crippen LogP contribution in [0, 0.1) is 15.9 Å². The second-order valence-electron chi connectivity index (χ2n) is 4.84. The second-order valence-corrected chi connectivity index (χ2v) is 5.25. The highest BCUT2D eigenvalue weighted by atomic mass is 35.5. The maximum atomic E-state index is 12.9. The summed E-state index contributed by atoms with van der Waals surface area (Å²) < 4.78 is 17.9. The van der Waals surface area contributed by atoms with Gasteiger partial charge in [-0.2, -0.15) is 0 Å². The summed E-state index contributed by atoms with van der Waals surface area (Å²) in [6.45, 7) is 1.34. The van der Waals surface area contributed by atoms with Gasteiger partial charge >= 0.3 is 5.97 Å². The van der Waals surface area contributed by atoms with Crippen LogP contribution in [0.15, 0.2) is 42.5 Å². The molecule has 0 aliphatic heterocycles. The fraction of sp³-hybridized carbons (Fsp3) is 0.125. The Kier molecular flexibility index (Phi) is 5.25. The normalized spacial score (nSPS) is 11.6. The number of carbonyl (C=O) groups excluding carboxylic acids is 2. The van der Waals surface area contributed by atoms with Crippen LogP contribution in [0.1, 0.15) is 27.6 Å². The molecule has 0 radical (unpaired) electrons. The Labute approximate surface area is 141 Å². The van der Waals surface area contributed by atoms with Crippen LogP contribution in [-0.2, 0) is 4.74 Å². The number of esters is 1. The highest BCUT2D eigenvalue weighted by Crippen LogP contribution is 2.23. The van der Waals surface area contributed by atoms with Crippen LogP contribution in [0.2, 0.25) is 5.02 Å². The summed E-state index contributed by atoms with van der Waals surface area (Å²) in [7, 11) is 0. The number of Topliss-reactive ketones (excluding diaryl/α,β-unsaturated/α-hetero) is 1. The standard InChI is InChI=1S/C16H11ClFNO5/c1-9(15(20)10-2-4-11(18)5-3-10)24-16(21)13-8-12(19(22)23)6-7-14(13)17/h2-9H,1H3/t9-/m0/s1. The Morgan fingerprint density at radius 1 is 1.21 bits per heavy atom.